The van der Waals surface area contributed by atoms with Crippen LogP contribution in [0.3, 0.4) is 0 Å². The van der Waals surface area contributed by atoms with Crippen LogP contribution >= 0.6 is 11.6 Å². The normalized spacial score (nSPS) is 20.2. The van der Waals surface area contributed by atoms with E-state index in [0.29, 0.717) is 29.1 Å². The molecule has 2 unspecified atom stereocenters. The van der Waals surface area contributed by atoms with Gasteiger partial charge in [0.1, 0.15) is 0 Å². The lowest BCUT2D eigenvalue weighted by atomic mass is 10.1. The van der Waals surface area contributed by atoms with Crippen molar-refractivity contribution in [2.24, 2.45) is 5.73 Å². The number of hydrogen-bond acceptors (Lipinski definition) is 2. The molecule has 2 aromatic carbocycles. The minimum atomic E-state index is -0.456. The molecule has 0 aromatic heterocycles. The van der Waals surface area contributed by atoms with Crippen LogP contribution in [0.15, 0.2) is 48.5 Å². The third-order valence-electron chi connectivity index (χ3n) is 3.91. The van der Waals surface area contributed by atoms with E-state index in [4.69, 9.17) is 17.3 Å². The SMILES string of the molecule is NC(=O)c1ccc(CNC2CC2c2ccccc2)c(Cl)c1. The quantitative estimate of drug-likeness (QED) is 0.891. The molecule has 2 atom stereocenters. The fraction of sp³-hybridized carbons (Fsp3) is 0.235. The Hall–Kier alpha value is -1.84. The fourth-order valence-electron chi connectivity index (χ4n) is 2.57. The lowest BCUT2D eigenvalue weighted by molar-refractivity contribution is 0.100. The zero-order chi connectivity index (χ0) is 14.8. The maximum absolute atomic E-state index is 11.1. The summed E-state index contributed by atoms with van der Waals surface area (Å²) in [6, 6.07) is 16.2. The molecule has 1 saturated carbocycles. The van der Waals surface area contributed by atoms with Gasteiger partial charge in [0.2, 0.25) is 5.91 Å². The number of hydrogen-bond donors (Lipinski definition) is 2. The summed E-state index contributed by atoms with van der Waals surface area (Å²) in [6.07, 6.45) is 1.15. The number of halogens is 1. The van der Waals surface area contributed by atoms with Crippen molar-refractivity contribution in [2.45, 2.75) is 24.9 Å². The summed E-state index contributed by atoms with van der Waals surface area (Å²) >= 11 is 6.18. The molecule has 108 valence electrons. The third kappa shape index (κ3) is 3.26. The number of carbonyl (C=O) groups is 1. The Labute approximate surface area is 129 Å². The second-order valence-corrected chi connectivity index (χ2v) is 5.82. The van der Waals surface area contributed by atoms with Gasteiger partial charge in [-0.2, -0.15) is 0 Å². The molecule has 1 aliphatic rings. The van der Waals surface area contributed by atoms with Crippen LogP contribution in [0.25, 0.3) is 0 Å². The van der Waals surface area contributed by atoms with Crippen molar-refractivity contribution in [1.82, 2.24) is 5.32 Å². The number of nitrogens with one attached hydrogen (secondary N) is 1. The molecule has 4 heteroatoms. The highest BCUT2D eigenvalue weighted by molar-refractivity contribution is 6.31. The predicted molar refractivity (Wildman–Crippen MR) is 84.4 cm³/mol. The molecule has 0 spiro atoms. The molecule has 21 heavy (non-hydrogen) atoms. The van der Waals surface area contributed by atoms with E-state index >= 15 is 0 Å². The first kappa shape index (κ1) is 14.1. The summed E-state index contributed by atoms with van der Waals surface area (Å²) in [5, 5.41) is 4.09. The number of carbonyl (C=O) groups excluding carboxylic acids is 1. The Bertz CT molecular complexity index is 657. The molecule has 1 aliphatic carbocycles. The molecule has 0 bridgehead atoms. The van der Waals surface area contributed by atoms with E-state index in [1.165, 1.54) is 5.56 Å². The van der Waals surface area contributed by atoms with Crippen LogP contribution in [-0.4, -0.2) is 11.9 Å². The van der Waals surface area contributed by atoms with E-state index in [1.807, 2.05) is 12.1 Å². The molecule has 3 rings (SSSR count). The van der Waals surface area contributed by atoms with Gasteiger partial charge in [-0.25, -0.2) is 0 Å². The van der Waals surface area contributed by atoms with Crippen molar-refractivity contribution < 1.29 is 4.79 Å². The van der Waals surface area contributed by atoms with Crippen molar-refractivity contribution in [3.63, 3.8) is 0 Å². The number of primary amides is 1. The molecular formula is C17H17ClN2O. The smallest absolute Gasteiger partial charge is 0.248 e. The molecule has 0 saturated heterocycles. The van der Waals surface area contributed by atoms with Crippen LogP contribution < -0.4 is 11.1 Å². The second kappa shape index (κ2) is 5.88. The minimum Gasteiger partial charge on any atom is -0.366 e. The van der Waals surface area contributed by atoms with E-state index in [1.54, 1.807) is 12.1 Å². The summed E-state index contributed by atoms with van der Waals surface area (Å²) in [7, 11) is 0. The van der Waals surface area contributed by atoms with E-state index in [-0.39, 0.29) is 0 Å². The minimum absolute atomic E-state index is 0.442. The molecule has 1 fully saturated rings. The van der Waals surface area contributed by atoms with Gasteiger partial charge in [-0.05, 0) is 29.7 Å². The molecular weight excluding hydrogens is 284 g/mol. The Kier molecular flexibility index (Phi) is 3.95. The Morgan fingerprint density at radius 1 is 1.24 bits per heavy atom. The van der Waals surface area contributed by atoms with Crippen molar-refractivity contribution in [3.05, 3.63) is 70.2 Å². The monoisotopic (exact) mass is 300 g/mol. The van der Waals surface area contributed by atoms with Gasteiger partial charge < -0.3 is 11.1 Å². The van der Waals surface area contributed by atoms with Gasteiger partial charge >= 0.3 is 0 Å². The maximum Gasteiger partial charge on any atom is 0.248 e. The number of nitrogens with two attached hydrogens (primary N) is 1. The van der Waals surface area contributed by atoms with E-state index in [0.717, 1.165) is 12.0 Å². The van der Waals surface area contributed by atoms with Gasteiger partial charge in [0.25, 0.3) is 0 Å². The summed E-state index contributed by atoms with van der Waals surface area (Å²) in [6.45, 7) is 0.700. The summed E-state index contributed by atoms with van der Waals surface area (Å²) in [5.74, 6) is 0.137. The molecule has 0 heterocycles. The summed E-state index contributed by atoms with van der Waals surface area (Å²) in [5.41, 5.74) is 8.04. The lowest BCUT2D eigenvalue weighted by Gasteiger charge is -2.08. The Balaban J connectivity index is 1.58. The summed E-state index contributed by atoms with van der Waals surface area (Å²) < 4.78 is 0. The van der Waals surface area contributed by atoms with Gasteiger partial charge in [0, 0.05) is 29.1 Å². The highest BCUT2D eigenvalue weighted by Crippen LogP contribution is 2.40. The molecule has 2 aromatic rings. The Morgan fingerprint density at radius 2 is 2.00 bits per heavy atom. The van der Waals surface area contributed by atoms with Crippen LogP contribution in [0.4, 0.5) is 0 Å². The number of rotatable bonds is 5. The number of amides is 1. The zero-order valence-electron chi connectivity index (χ0n) is 11.6. The van der Waals surface area contributed by atoms with E-state index in [2.05, 4.69) is 29.6 Å². The second-order valence-electron chi connectivity index (χ2n) is 5.41. The fourth-order valence-corrected chi connectivity index (χ4v) is 2.82. The first-order chi connectivity index (χ1) is 10.1. The van der Waals surface area contributed by atoms with E-state index in [9.17, 15) is 4.79 Å². The average Bonchev–Trinajstić information content (AvgIpc) is 3.26. The van der Waals surface area contributed by atoms with Crippen LogP contribution in [0.1, 0.15) is 33.8 Å². The third-order valence-corrected chi connectivity index (χ3v) is 4.26. The molecule has 1 amide bonds. The largest absolute Gasteiger partial charge is 0.366 e. The van der Waals surface area contributed by atoms with Gasteiger partial charge in [-0.1, -0.05) is 48.0 Å². The van der Waals surface area contributed by atoms with Crippen molar-refractivity contribution in [2.75, 3.05) is 0 Å². The van der Waals surface area contributed by atoms with Gasteiger partial charge in [-0.15, -0.1) is 0 Å². The molecule has 3 N–H and O–H groups in total. The predicted octanol–water partition coefficient (Wildman–Crippen LogP) is 3.08. The van der Waals surface area contributed by atoms with Crippen molar-refractivity contribution >= 4 is 17.5 Å². The molecule has 3 nitrogen and oxygen atoms in total. The maximum atomic E-state index is 11.1. The highest BCUT2D eigenvalue weighted by Gasteiger charge is 2.37. The van der Waals surface area contributed by atoms with Crippen LogP contribution in [0.2, 0.25) is 5.02 Å². The summed E-state index contributed by atoms with van der Waals surface area (Å²) in [4.78, 5) is 11.1. The van der Waals surface area contributed by atoms with Gasteiger partial charge in [0.05, 0.1) is 0 Å². The first-order valence-electron chi connectivity index (χ1n) is 7.01. The van der Waals surface area contributed by atoms with Crippen molar-refractivity contribution in [1.29, 1.82) is 0 Å². The lowest BCUT2D eigenvalue weighted by Crippen LogP contribution is -2.18. The van der Waals surface area contributed by atoms with Gasteiger partial charge in [-0.3, -0.25) is 4.79 Å². The highest BCUT2D eigenvalue weighted by atomic mass is 35.5. The van der Waals surface area contributed by atoms with Gasteiger partial charge in [0.15, 0.2) is 0 Å². The first-order valence-corrected chi connectivity index (χ1v) is 7.39. The van der Waals surface area contributed by atoms with Crippen LogP contribution in [0.5, 0.6) is 0 Å². The van der Waals surface area contributed by atoms with E-state index < -0.39 is 5.91 Å². The molecule has 0 aliphatic heterocycles. The van der Waals surface area contributed by atoms with Crippen LogP contribution in [0, 0.1) is 0 Å². The molecule has 0 radical (unpaired) electrons. The standard InChI is InChI=1S/C17H17ClN2O/c18-15-8-12(17(19)21)6-7-13(15)10-20-16-9-14(16)11-4-2-1-3-5-11/h1-8,14,16,20H,9-10H2,(H2,19,21). The van der Waals surface area contributed by atoms with Crippen molar-refractivity contribution in [3.8, 4) is 0 Å². The van der Waals surface area contributed by atoms with Crippen LogP contribution in [-0.2, 0) is 6.54 Å². The zero-order valence-corrected chi connectivity index (χ0v) is 12.3. The Morgan fingerprint density at radius 3 is 2.67 bits per heavy atom. The number of benzene rings is 2. The average molecular weight is 301 g/mol. The topological polar surface area (TPSA) is 55.1 Å².